The zero-order chi connectivity index (χ0) is 25.0. The number of benzene rings is 2. The van der Waals surface area contributed by atoms with E-state index in [2.05, 4.69) is 5.32 Å². The Kier molecular flexibility index (Phi) is 7.03. The van der Waals surface area contributed by atoms with E-state index < -0.39 is 21.8 Å². The van der Waals surface area contributed by atoms with E-state index in [1.165, 1.54) is 6.08 Å². The van der Waals surface area contributed by atoms with Gasteiger partial charge in [-0.1, -0.05) is 18.2 Å². The molecule has 1 saturated heterocycles. The van der Waals surface area contributed by atoms with Gasteiger partial charge in [-0.3, -0.25) is 4.79 Å². The van der Waals surface area contributed by atoms with Gasteiger partial charge >= 0.3 is 0 Å². The van der Waals surface area contributed by atoms with Crippen molar-refractivity contribution in [1.29, 1.82) is 5.26 Å². The lowest BCUT2D eigenvalue weighted by molar-refractivity contribution is -0.117. The summed E-state index contributed by atoms with van der Waals surface area (Å²) in [5.41, 5.74) is 3.65. The van der Waals surface area contributed by atoms with Gasteiger partial charge in [-0.25, -0.2) is 13.1 Å². The van der Waals surface area contributed by atoms with E-state index >= 15 is 0 Å². The summed E-state index contributed by atoms with van der Waals surface area (Å²) < 4.78 is 30.8. The SMILES string of the molecule is CCOc1ccc(-c2nn(-c3ccccc3)cc2/C=C(\C#N)C(=O)N[C@@H]2CCS(=O)(=O)C2)cc1C. The minimum atomic E-state index is -3.16. The molecule has 1 amide bonds. The largest absolute Gasteiger partial charge is 0.494 e. The van der Waals surface area contributed by atoms with Crippen molar-refractivity contribution < 1.29 is 17.9 Å². The number of amides is 1. The standard InChI is InChI=1S/C26H26N4O4S/c1-3-34-24-10-9-19(13-18(24)2)25-21(16-30(29-25)23-7-5-4-6-8-23)14-20(15-27)26(31)28-22-11-12-35(32,33)17-22/h4-10,13-14,16,22H,3,11-12,17H2,1-2H3,(H,28,31)/b20-14+/t22-/m1/s1. The first-order chi connectivity index (χ1) is 16.8. The molecule has 1 aliphatic heterocycles. The van der Waals surface area contributed by atoms with Gasteiger partial charge in [0.2, 0.25) is 0 Å². The van der Waals surface area contributed by atoms with E-state index in [0.29, 0.717) is 24.3 Å². The number of ether oxygens (including phenoxy) is 1. The Hall–Kier alpha value is -3.90. The second-order valence-electron chi connectivity index (χ2n) is 8.37. The molecule has 35 heavy (non-hydrogen) atoms. The highest BCUT2D eigenvalue weighted by Crippen LogP contribution is 2.30. The normalized spacial score (nSPS) is 17.1. The van der Waals surface area contributed by atoms with Gasteiger partial charge in [-0.05, 0) is 62.2 Å². The Morgan fingerprint density at radius 1 is 1.29 bits per heavy atom. The molecule has 0 saturated carbocycles. The lowest BCUT2D eigenvalue weighted by Crippen LogP contribution is -2.36. The molecular formula is C26H26N4O4S. The van der Waals surface area contributed by atoms with Crippen LogP contribution in [0, 0.1) is 18.3 Å². The third-order valence-corrected chi connectivity index (χ3v) is 7.51. The average molecular weight is 491 g/mol. The third-order valence-electron chi connectivity index (χ3n) is 5.74. The smallest absolute Gasteiger partial charge is 0.262 e. The zero-order valence-corrected chi connectivity index (χ0v) is 20.4. The van der Waals surface area contributed by atoms with Crippen LogP contribution in [0.2, 0.25) is 0 Å². The van der Waals surface area contributed by atoms with Gasteiger partial charge in [0.15, 0.2) is 9.84 Å². The Labute approximate surface area is 204 Å². The number of para-hydroxylation sites is 1. The highest BCUT2D eigenvalue weighted by atomic mass is 32.2. The molecule has 9 heteroatoms. The van der Waals surface area contributed by atoms with E-state index in [4.69, 9.17) is 9.84 Å². The number of aromatic nitrogens is 2. The number of rotatable bonds is 7. The van der Waals surface area contributed by atoms with Crippen LogP contribution >= 0.6 is 0 Å². The summed E-state index contributed by atoms with van der Waals surface area (Å²) in [5, 5.41) is 17.1. The molecule has 1 atom stereocenters. The van der Waals surface area contributed by atoms with Crippen molar-refractivity contribution in [3.8, 4) is 28.8 Å². The Morgan fingerprint density at radius 3 is 2.69 bits per heavy atom. The second kappa shape index (κ2) is 10.2. The summed E-state index contributed by atoms with van der Waals surface area (Å²) in [6.45, 7) is 4.43. The molecule has 1 N–H and O–H groups in total. The van der Waals surface area contributed by atoms with Crippen LogP contribution in [-0.2, 0) is 14.6 Å². The van der Waals surface area contributed by atoms with Crippen LogP contribution < -0.4 is 10.1 Å². The summed E-state index contributed by atoms with van der Waals surface area (Å²) in [4.78, 5) is 12.8. The molecule has 0 aliphatic carbocycles. The topological polar surface area (TPSA) is 114 Å². The number of hydrogen-bond donors (Lipinski definition) is 1. The summed E-state index contributed by atoms with van der Waals surface area (Å²) in [6.07, 6.45) is 3.60. The summed E-state index contributed by atoms with van der Waals surface area (Å²) in [7, 11) is -3.16. The predicted molar refractivity (Wildman–Crippen MR) is 134 cm³/mol. The molecule has 2 heterocycles. The molecule has 0 spiro atoms. The Morgan fingerprint density at radius 2 is 2.06 bits per heavy atom. The van der Waals surface area contributed by atoms with Crippen molar-refractivity contribution in [2.75, 3.05) is 18.1 Å². The number of sulfone groups is 1. The van der Waals surface area contributed by atoms with E-state index in [1.54, 1.807) is 10.9 Å². The molecule has 4 rings (SSSR count). The fourth-order valence-corrected chi connectivity index (χ4v) is 5.69. The van der Waals surface area contributed by atoms with Crippen molar-refractivity contribution in [2.24, 2.45) is 0 Å². The highest BCUT2D eigenvalue weighted by Gasteiger charge is 2.29. The molecule has 0 bridgehead atoms. The van der Waals surface area contributed by atoms with Gasteiger partial charge in [0, 0.05) is 23.4 Å². The van der Waals surface area contributed by atoms with Gasteiger partial charge < -0.3 is 10.1 Å². The van der Waals surface area contributed by atoms with Crippen molar-refractivity contribution in [3.63, 3.8) is 0 Å². The molecule has 3 aromatic rings. The maximum Gasteiger partial charge on any atom is 0.262 e. The van der Waals surface area contributed by atoms with Crippen LogP contribution in [0.3, 0.4) is 0 Å². The average Bonchev–Trinajstić information content (AvgIpc) is 3.42. The molecular weight excluding hydrogens is 464 g/mol. The molecule has 0 radical (unpaired) electrons. The van der Waals surface area contributed by atoms with Crippen LogP contribution in [0.4, 0.5) is 0 Å². The fraction of sp³-hybridized carbons (Fsp3) is 0.269. The third kappa shape index (κ3) is 5.61. The maximum absolute atomic E-state index is 12.8. The van der Waals surface area contributed by atoms with Crippen LogP contribution in [0.25, 0.3) is 23.0 Å². The van der Waals surface area contributed by atoms with Gasteiger partial charge in [0.05, 0.1) is 23.8 Å². The zero-order valence-electron chi connectivity index (χ0n) is 19.6. The number of hydrogen-bond acceptors (Lipinski definition) is 6. The summed E-state index contributed by atoms with van der Waals surface area (Å²) in [5.74, 6) is 0.102. The number of nitrogens with zero attached hydrogens (tertiary/aromatic N) is 3. The van der Waals surface area contributed by atoms with Gasteiger partial charge in [0.25, 0.3) is 5.91 Å². The highest BCUT2D eigenvalue weighted by molar-refractivity contribution is 7.91. The van der Waals surface area contributed by atoms with Crippen molar-refractivity contribution in [1.82, 2.24) is 15.1 Å². The Bertz CT molecular complexity index is 1420. The van der Waals surface area contributed by atoms with Gasteiger partial charge in [0.1, 0.15) is 23.1 Å². The maximum atomic E-state index is 12.8. The molecule has 1 aromatic heterocycles. The number of nitriles is 1. The van der Waals surface area contributed by atoms with E-state index in [1.807, 2.05) is 68.4 Å². The predicted octanol–water partition coefficient (Wildman–Crippen LogP) is 3.46. The minimum absolute atomic E-state index is 0.0363. The minimum Gasteiger partial charge on any atom is -0.494 e. The Balaban J connectivity index is 1.73. The van der Waals surface area contributed by atoms with Crippen molar-refractivity contribution in [3.05, 3.63) is 71.4 Å². The van der Waals surface area contributed by atoms with Crippen molar-refractivity contribution >= 4 is 21.8 Å². The number of carbonyl (C=O) groups is 1. The fourth-order valence-electron chi connectivity index (χ4n) is 4.02. The van der Waals surface area contributed by atoms with E-state index in [-0.39, 0.29) is 17.1 Å². The first-order valence-electron chi connectivity index (χ1n) is 11.3. The first kappa shape index (κ1) is 24.2. The first-order valence-corrected chi connectivity index (χ1v) is 13.1. The van der Waals surface area contributed by atoms with Crippen LogP contribution in [0.5, 0.6) is 5.75 Å². The molecule has 0 unspecified atom stereocenters. The summed E-state index contributed by atoms with van der Waals surface area (Å²) in [6, 6.07) is 16.7. The van der Waals surface area contributed by atoms with Crippen molar-refractivity contribution in [2.45, 2.75) is 26.3 Å². The van der Waals surface area contributed by atoms with E-state index in [0.717, 1.165) is 22.6 Å². The molecule has 1 aliphatic rings. The van der Waals surface area contributed by atoms with Gasteiger partial charge in [-0.2, -0.15) is 10.4 Å². The molecule has 180 valence electrons. The van der Waals surface area contributed by atoms with E-state index in [9.17, 15) is 18.5 Å². The molecule has 2 aromatic carbocycles. The van der Waals surface area contributed by atoms with Crippen LogP contribution in [-0.4, -0.2) is 48.3 Å². The van der Waals surface area contributed by atoms with Crippen LogP contribution in [0.15, 0.2) is 60.3 Å². The van der Waals surface area contributed by atoms with Crippen LogP contribution in [0.1, 0.15) is 24.5 Å². The second-order valence-corrected chi connectivity index (χ2v) is 10.6. The summed E-state index contributed by atoms with van der Waals surface area (Å²) >= 11 is 0. The lowest BCUT2D eigenvalue weighted by Gasteiger charge is -2.10. The number of nitrogens with one attached hydrogen (secondary N) is 1. The monoisotopic (exact) mass is 490 g/mol. The lowest BCUT2D eigenvalue weighted by atomic mass is 10.0. The molecule has 1 fully saturated rings. The number of aryl methyl sites for hydroxylation is 1. The van der Waals surface area contributed by atoms with Gasteiger partial charge in [-0.15, -0.1) is 0 Å². The quantitative estimate of drug-likeness (QED) is 0.401. The molecule has 8 nitrogen and oxygen atoms in total. The number of carbonyl (C=O) groups excluding carboxylic acids is 1.